The molecule has 2 amide bonds. The fourth-order valence-corrected chi connectivity index (χ4v) is 3.61. The molecular weight excluding hydrogens is 288 g/mol. The summed E-state index contributed by atoms with van der Waals surface area (Å²) < 4.78 is 0. The van der Waals surface area contributed by atoms with Crippen molar-refractivity contribution in [3.8, 4) is 0 Å². The molecule has 0 saturated heterocycles. The molecule has 0 aromatic rings. The molecular formula is C19H36N2O2. The first kappa shape index (κ1) is 20.0. The maximum atomic E-state index is 12.9. The van der Waals surface area contributed by atoms with Crippen LogP contribution < -0.4 is 10.6 Å². The van der Waals surface area contributed by atoms with E-state index in [1.165, 1.54) is 25.7 Å². The lowest BCUT2D eigenvalue weighted by Gasteiger charge is -2.32. The monoisotopic (exact) mass is 324 g/mol. The largest absolute Gasteiger partial charge is 0.357 e. The number of carbonyl (C=O) groups is 2. The number of hydrogen-bond acceptors (Lipinski definition) is 2. The van der Waals surface area contributed by atoms with E-state index in [4.69, 9.17) is 0 Å². The molecule has 1 aliphatic carbocycles. The van der Waals surface area contributed by atoms with Gasteiger partial charge < -0.3 is 10.6 Å². The van der Waals surface area contributed by atoms with Crippen molar-refractivity contribution in [3.63, 3.8) is 0 Å². The Labute approximate surface area is 142 Å². The summed E-state index contributed by atoms with van der Waals surface area (Å²) >= 11 is 0. The highest BCUT2D eigenvalue weighted by Crippen LogP contribution is 2.33. The molecule has 1 saturated carbocycles. The summed E-state index contributed by atoms with van der Waals surface area (Å²) in [7, 11) is 1.62. The molecule has 23 heavy (non-hydrogen) atoms. The van der Waals surface area contributed by atoms with Crippen LogP contribution in [0.2, 0.25) is 0 Å². The standard InChI is InChI=1S/C19H36N2O2/c1-13(2)11-15(12-14-9-7-8-10-14)17(22)21-16(18(23)20-6)19(3,4)5/h13-16H,7-12H2,1-6H3,(H,20,23)(H,21,22)/t15-,16-/m1/s1. The number of rotatable bonds is 7. The minimum Gasteiger partial charge on any atom is -0.357 e. The lowest BCUT2D eigenvalue weighted by molar-refractivity contribution is -0.134. The summed E-state index contributed by atoms with van der Waals surface area (Å²) in [5.74, 6) is 1.12. The van der Waals surface area contributed by atoms with Crippen LogP contribution in [-0.4, -0.2) is 24.9 Å². The van der Waals surface area contributed by atoms with E-state index < -0.39 is 6.04 Å². The molecule has 2 N–H and O–H groups in total. The molecule has 0 aromatic carbocycles. The summed E-state index contributed by atoms with van der Waals surface area (Å²) in [5.41, 5.74) is -0.300. The Morgan fingerprint density at radius 2 is 1.65 bits per heavy atom. The van der Waals surface area contributed by atoms with Gasteiger partial charge in [0.05, 0.1) is 0 Å². The van der Waals surface area contributed by atoms with Crippen LogP contribution in [0, 0.1) is 23.2 Å². The fourth-order valence-electron chi connectivity index (χ4n) is 3.61. The second kappa shape index (κ2) is 8.70. The van der Waals surface area contributed by atoms with E-state index >= 15 is 0 Å². The molecule has 1 fully saturated rings. The van der Waals surface area contributed by atoms with Crippen LogP contribution in [0.5, 0.6) is 0 Å². The third-order valence-electron chi connectivity index (χ3n) is 4.88. The zero-order valence-electron chi connectivity index (χ0n) is 15.9. The lowest BCUT2D eigenvalue weighted by Crippen LogP contribution is -2.54. The maximum Gasteiger partial charge on any atom is 0.242 e. The highest BCUT2D eigenvalue weighted by molar-refractivity contribution is 5.89. The molecule has 0 heterocycles. The van der Waals surface area contributed by atoms with Crippen molar-refractivity contribution in [2.75, 3.05) is 7.05 Å². The summed E-state index contributed by atoms with van der Waals surface area (Å²) in [5, 5.41) is 5.71. The van der Waals surface area contributed by atoms with Gasteiger partial charge in [-0.15, -0.1) is 0 Å². The van der Waals surface area contributed by atoms with Gasteiger partial charge in [0, 0.05) is 13.0 Å². The summed E-state index contributed by atoms with van der Waals surface area (Å²) in [6.07, 6.45) is 6.95. The number of amides is 2. The summed E-state index contributed by atoms with van der Waals surface area (Å²) in [6.45, 7) is 10.3. The molecule has 0 unspecified atom stereocenters. The molecule has 0 aromatic heterocycles. The van der Waals surface area contributed by atoms with E-state index in [0.717, 1.165) is 12.8 Å². The highest BCUT2D eigenvalue weighted by atomic mass is 16.2. The van der Waals surface area contributed by atoms with Crippen molar-refractivity contribution in [2.24, 2.45) is 23.2 Å². The number of nitrogens with one attached hydrogen (secondary N) is 2. The molecule has 4 heteroatoms. The van der Waals surface area contributed by atoms with Gasteiger partial charge in [0.1, 0.15) is 6.04 Å². The van der Waals surface area contributed by atoms with Gasteiger partial charge in [0.25, 0.3) is 0 Å². The fraction of sp³-hybridized carbons (Fsp3) is 0.895. The Kier molecular flexibility index (Phi) is 7.56. The second-order valence-corrected chi connectivity index (χ2v) is 8.63. The van der Waals surface area contributed by atoms with Crippen molar-refractivity contribution in [3.05, 3.63) is 0 Å². The highest BCUT2D eigenvalue weighted by Gasteiger charge is 2.34. The number of hydrogen-bond donors (Lipinski definition) is 2. The maximum absolute atomic E-state index is 12.9. The topological polar surface area (TPSA) is 58.2 Å². The summed E-state index contributed by atoms with van der Waals surface area (Å²) in [6, 6.07) is -0.488. The molecule has 0 bridgehead atoms. The van der Waals surface area contributed by atoms with Gasteiger partial charge in [-0.1, -0.05) is 60.3 Å². The first-order chi connectivity index (χ1) is 10.6. The molecule has 0 aliphatic heterocycles. The molecule has 0 spiro atoms. The quantitative estimate of drug-likeness (QED) is 0.753. The van der Waals surface area contributed by atoms with E-state index in [2.05, 4.69) is 24.5 Å². The smallest absolute Gasteiger partial charge is 0.242 e. The van der Waals surface area contributed by atoms with Gasteiger partial charge in [-0.25, -0.2) is 0 Å². The van der Waals surface area contributed by atoms with Crippen LogP contribution in [0.25, 0.3) is 0 Å². The van der Waals surface area contributed by atoms with Crippen LogP contribution in [0.1, 0.15) is 73.1 Å². The third kappa shape index (κ3) is 6.52. The third-order valence-corrected chi connectivity index (χ3v) is 4.88. The molecule has 4 nitrogen and oxygen atoms in total. The second-order valence-electron chi connectivity index (χ2n) is 8.63. The van der Waals surface area contributed by atoms with E-state index in [0.29, 0.717) is 11.8 Å². The normalized spacial score (nSPS) is 18.7. The Balaban J connectivity index is 2.78. The SMILES string of the molecule is CNC(=O)[C@@H](NC(=O)[C@H](CC(C)C)CC1CCCC1)C(C)(C)C. The number of likely N-dealkylation sites (N-methyl/N-ethyl adjacent to an activating group) is 1. The first-order valence-corrected chi connectivity index (χ1v) is 9.17. The molecule has 2 atom stereocenters. The van der Waals surface area contributed by atoms with E-state index in [1.807, 2.05) is 20.8 Å². The van der Waals surface area contributed by atoms with Gasteiger partial charge in [-0.2, -0.15) is 0 Å². The van der Waals surface area contributed by atoms with Crippen molar-refractivity contribution in [2.45, 2.75) is 79.2 Å². The van der Waals surface area contributed by atoms with Crippen LogP contribution in [0.4, 0.5) is 0 Å². The van der Waals surface area contributed by atoms with Gasteiger partial charge in [-0.3, -0.25) is 9.59 Å². The van der Waals surface area contributed by atoms with Crippen LogP contribution >= 0.6 is 0 Å². The van der Waals surface area contributed by atoms with Gasteiger partial charge in [0.2, 0.25) is 11.8 Å². The summed E-state index contributed by atoms with van der Waals surface area (Å²) in [4.78, 5) is 25.0. The number of carbonyl (C=O) groups excluding carboxylic acids is 2. The van der Waals surface area contributed by atoms with Crippen molar-refractivity contribution < 1.29 is 9.59 Å². The average Bonchev–Trinajstić information content (AvgIpc) is 2.94. The van der Waals surface area contributed by atoms with Gasteiger partial charge >= 0.3 is 0 Å². The predicted octanol–water partition coefficient (Wildman–Crippen LogP) is 3.51. The van der Waals surface area contributed by atoms with Gasteiger partial charge in [-0.05, 0) is 30.1 Å². The molecule has 1 aliphatic rings. The first-order valence-electron chi connectivity index (χ1n) is 9.17. The average molecular weight is 325 g/mol. The Morgan fingerprint density at radius 1 is 1.09 bits per heavy atom. The Hall–Kier alpha value is -1.06. The van der Waals surface area contributed by atoms with Crippen LogP contribution in [-0.2, 0) is 9.59 Å². The molecule has 1 rings (SSSR count). The lowest BCUT2D eigenvalue weighted by atomic mass is 9.83. The zero-order chi connectivity index (χ0) is 17.6. The van der Waals surface area contributed by atoms with E-state index in [1.54, 1.807) is 7.05 Å². The van der Waals surface area contributed by atoms with Gasteiger partial charge in [0.15, 0.2) is 0 Å². The van der Waals surface area contributed by atoms with E-state index in [9.17, 15) is 9.59 Å². The minimum atomic E-state index is -0.488. The predicted molar refractivity (Wildman–Crippen MR) is 95.0 cm³/mol. The molecule has 0 radical (unpaired) electrons. The zero-order valence-corrected chi connectivity index (χ0v) is 15.9. The Morgan fingerprint density at radius 3 is 2.09 bits per heavy atom. The van der Waals surface area contributed by atoms with Crippen LogP contribution in [0.15, 0.2) is 0 Å². The Bertz CT molecular complexity index is 393. The van der Waals surface area contributed by atoms with Crippen molar-refractivity contribution >= 4 is 11.8 Å². The van der Waals surface area contributed by atoms with E-state index in [-0.39, 0.29) is 23.1 Å². The molecule has 134 valence electrons. The minimum absolute atomic E-state index is 0.0209. The van der Waals surface area contributed by atoms with Crippen molar-refractivity contribution in [1.29, 1.82) is 0 Å². The van der Waals surface area contributed by atoms with Crippen molar-refractivity contribution in [1.82, 2.24) is 10.6 Å². The van der Waals surface area contributed by atoms with Crippen LogP contribution in [0.3, 0.4) is 0 Å².